The van der Waals surface area contributed by atoms with Crippen LogP contribution < -0.4 is 15.0 Å². The number of nitrogens with one attached hydrogen (secondary N) is 2. The number of nitrogens with zero attached hydrogens (tertiary/aromatic N) is 2. The molecule has 0 saturated carbocycles. The van der Waals surface area contributed by atoms with Crippen LogP contribution in [-0.2, 0) is 0 Å². The third kappa shape index (κ3) is 4.04. The van der Waals surface area contributed by atoms with E-state index in [1.54, 1.807) is 11.3 Å². The summed E-state index contributed by atoms with van der Waals surface area (Å²) in [5.41, 5.74) is 1.65. The largest absolute Gasteiger partial charge is 0.493 e. The maximum Gasteiger partial charge on any atom is 0.255 e. The molecule has 2 N–H and O–H groups in total. The lowest BCUT2D eigenvalue weighted by Gasteiger charge is -2.32. The van der Waals surface area contributed by atoms with Crippen molar-refractivity contribution >= 4 is 23.1 Å². The molecule has 1 amide bonds. The predicted octanol–water partition coefficient (Wildman–Crippen LogP) is 3.94. The van der Waals surface area contributed by atoms with Crippen LogP contribution in [0.5, 0.6) is 5.75 Å². The summed E-state index contributed by atoms with van der Waals surface area (Å²) in [6.45, 7) is 4.20. The highest BCUT2D eigenvalue weighted by Crippen LogP contribution is 2.27. The Balaban J connectivity index is 1.34. The Morgan fingerprint density at radius 3 is 2.86 bits per heavy atom. The summed E-state index contributed by atoms with van der Waals surface area (Å²) in [6.07, 6.45) is 1.79. The van der Waals surface area contributed by atoms with E-state index in [0.717, 1.165) is 37.4 Å². The van der Waals surface area contributed by atoms with E-state index in [0.29, 0.717) is 17.9 Å². The first-order valence-electron chi connectivity index (χ1n) is 9.61. The van der Waals surface area contributed by atoms with E-state index < -0.39 is 0 Å². The first kappa shape index (κ1) is 18.6. The first-order valence-corrected chi connectivity index (χ1v) is 10.5. The minimum absolute atomic E-state index is 0.0674. The fourth-order valence-corrected chi connectivity index (χ4v) is 4.18. The molecule has 2 aromatic heterocycles. The summed E-state index contributed by atoms with van der Waals surface area (Å²) in [4.78, 5) is 16.1. The molecular weight excluding hydrogens is 372 g/mol. The van der Waals surface area contributed by atoms with E-state index >= 15 is 0 Å². The van der Waals surface area contributed by atoms with Gasteiger partial charge in [-0.1, -0.05) is 18.2 Å². The fraction of sp³-hybridized carbons (Fsp3) is 0.333. The monoisotopic (exact) mass is 396 g/mol. The van der Waals surface area contributed by atoms with Crippen molar-refractivity contribution in [2.45, 2.75) is 25.8 Å². The van der Waals surface area contributed by atoms with Gasteiger partial charge in [0.05, 0.1) is 22.7 Å². The second-order valence-corrected chi connectivity index (χ2v) is 7.73. The van der Waals surface area contributed by atoms with Crippen molar-refractivity contribution in [1.29, 1.82) is 0 Å². The van der Waals surface area contributed by atoms with E-state index in [2.05, 4.69) is 37.9 Å². The molecule has 4 rings (SSSR count). The molecule has 1 saturated heterocycles. The third-order valence-electron chi connectivity index (χ3n) is 4.94. The van der Waals surface area contributed by atoms with Gasteiger partial charge in [-0.25, -0.2) is 0 Å². The van der Waals surface area contributed by atoms with Gasteiger partial charge in [0.2, 0.25) is 0 Å². The van der Waals surface area contributed by atoms with E-state index in [-0.39, 0.29) is 11.9 Å². The van der Waals surface area contributed by atoms with Gasteiger partial charge < -0.3 is 15.0 Å². The Bertz CT molecular complexity index is 914. The number of anilines is 1. The molecule has 28 heavy (non-hydrogen) atoms. The van der Waals surface area contributed by atoms with Crippen LogP contribution >= 0.6 is 11.3 Å². The van der Waals surface area contributed by atoms with Gasteiger partial charge in [0.25, 0.3) is 5.91 Å². The lowest BCUT2D eigenvalue weighted by molar-refractivity contribution is 0.0927. The molecule has 3 aromatic rings. The Morgan fingerprint density at radius 1 is 1.29 bits per heavy atom. The van der Waals surface area contributed by atoms with Crippen molar-refractivity contribution < 1.29 is 9.53 Å². The van der Waals surface area contributed by atoms with Crippen LogP contribution in [0.3, 0.4) is 0 Å². The number of carbonyl (C=O) groups excluding carboxylic acids is 1. The average Bonchev–Trinajstić information content (AvgIpc) is 3.41. The number of para-hydroxylation sites is 1. The number of H-pyrrole nitrogens is 1. The highest BCUT2D eigenvalue weighted by molar-refractivity contribution is 7.13. The number of amides is 1. The van der Waals surface area contributed by atoms with Gasteiger partial charge in [0.1, 0.15) is 5.75 Å². The van der Waals surface area contributed by atoms with E-state index in [1.165, 1.54) is 4.88 Å². The zero-order valence-corrected chi connectivity index (χ0v) is 16.7. The summed E-state index contributed by atoms with van der Waals surface area (Å²) in [7, 11) is 0. The van der Waals surface area contributed by atoms with Crippen LogP contribution in [0.25, 0.3) is 10.6 Å². The van der Waals surface area contributed by atoms with Gasteiger partial charge in [-0.3, -0.25) is 9.89 Å². The van der Waals surface area contributed by atoms with Crippen LogP contribution in [0.1, 0.15) is 30.1 Å². The summed E-state index contributed by atoms with van der Waals surface area (Å²) in [6, 6.07) is 13.8. The number of ether oxygens (including phenoxy) is 1. The minimum Gasteiger partial charge on any atom is -0.493 e. The van der Waals surface area contributed by atoms with Gasteiger partial charge in [-0.05, 0) is 43.3 Å². The summed E-state index contributed by atoms with van der Waals surface area (Å²) < 4.78 is 5.58. The number of aromatic nitrogens is 2. The number of aromatic amines is 1. The molecule has 0 radical (unpaired) electrons. The molecule has 1 aliphatic heterocycles. The zero-order valence-electron chi connectivity index (χ0n) is 15.9. The van der Waals surface area contributed by atoms with Crippen molar-refractivity contribution in [2.24, 2.45) is 0 Å². The Kier molecular flexibility index (Phi) is 5.62. The molecule has 0 spiro atoms. The van der Waals surface area contributed by atoms with Crippen molar-refractivity contribution in [2.75, 3.05) is 24.6 Å². The molecule has 0 bridgehead atoms. The molecule has 0 unspecified atom stereocenters. The smallest absolute Gasteiger partial charge is 0.255 e. The summed E-state index contributed by atoms with van der Waals surface area (Å²) in [5, 5.41) is 12.8. The lowest BCUT2D eigenvalue weighted by Crippen LogP contribution is -2.44. The van der Waals surface area contributed by atoms with Crippen LogP contribution in [0, 0.1) is 0 Å². The standard InChI is InChI=1S/C21H24N4O2S/c1-2-27-18-7-4-3-6-16(18)21(26)22-15-9-11-25(12-10-15)20-14-17(23-24-20)19-8-5-13-28-19/h3-8,13-15H,2,9-12H2,1H3,(H,22,26)(H,23,24). The fourth-order valence-electron chi connectivity index (χ4n) is 3.48. The highest BCUT2D eigenvalue weighted by Gasteiger charge is 2.24. The van der Waals surface area contributed by atoms with E-state index in [4.69, 9.17) is 4.74 Å². The van der Waals surface area contributed by atoms with E-state index in [9.17, 15) is 4.79 Å². The average molecular weight is 397 g/mol. The SMILES string of the molecule is CCOc1ccccc1C(=O)NC1CCN(c2cc(-c3cccs3)[nH]n2)CC1. The Hall–Kier alpha value is -2.80. The molecule has 3 heterocycles. The lowest BCUT2D eigenvalue weighted by atomic mass is 10.0. The van der Waals surface area contributed by atoms with Crippen molar-refractivity contribution in [3.8, 4) is 16.3 Å². The maximum atomic E-state index is 12.7. The number of carbonyl (C=O) groups is 1. The second-order valence-electron chi connectivity index (χ2n) is 6.78. The molecule has 7 heteroatoms. The third-order valence-corrected chi connectivity index (χ3v) is 5.84. The number of thiophene rings is 1. The number of hydrogen-bond donors (Lipinski definition) is 2. The Morgan fingerprint density at radius 2 is 2.11 bits per heavy atom. The van der Waals surface area contributed by atoms with Crippen LogP contribution in [-0.4, -0.2) is 41.8 Å². The predicted molar refractivity (Wildman–Crippen MR) is 112 cm³/mol. The number of piperidine rings is 1. The van der Waals surface area contributed by atoms with Gasteiger partial charge in [-0.2, -0.15) is 5.10 Å². The molecule has 1 aliphatic rings. The molecule has 1 aromatic carbocycles. The topological polar surface area (TPSA) is 70.2 Å². The van der Waals surface area contributed by atoms with Gasteiger partial charge in [-0.15, -0.1) is 11.3 Å². The van der Waals surface area contributed by atoms with Gasteiger partial charge in [0, 0.05) is 25.2 Å². The molecule has 6 nitrogen and oxygen atoms in total. The van der Waals surface area contributed by atoms with Crippen molar-refractivity contribution in [1.82, 2.24) is 15.5 Å². The second kappa shape index (κ2) is 8.48. The summed E-state index contributed by atoms with van der Waals surface area (Å²) >= 11 is 1.70. The molecule has 146 valence electrons. The molecule has 0 aliphatic carbocycles. The zero-order chi connectivity index (χ0) is 19.3. The van der Waals surface area contributed by atoms with Crippen LogP contribution in [0.2, 0.25) is 0 Å². The number of benzene rings is 1. The van der Waals surface area contributed by atoms with Gasteiger partial charge >= 0.3 is 0 Å². The molecule has 1 fully saturated rings. The van der Waals surface area contributed by atoms with E-state index in [1.807, 2.05) is 37.3 Å². The molecular formula is C21H24N4O2S. The number of rotatable bonds is 6. The van der Waals surface area contributed by atoms with Crippen LogP contribution in [0.15, 0.2) is 47.8 Å². The number of hydrogen-bond acceptors (Lipinski definition) is 5. The normalized spacial score (nSPS) is 14.8. The minimum atomic E-state index is -0.0674. The maximum absolute atomic E-state index is 12.7. The van der Waals surface area contributed by atoms with Crippen molar-refractivity contribution in [3.05, 3.63) is 53.4 Å². The van der Waals surface area contributed by atoms with Crippen molar-refractivity contribution in [3.63, 3.8) is 0 Å². The highest BCUT2D eigenvalue weighted by atomic mass is 32.1. The first-order chi connectivity index (χ1) is 13.7. The summed E-state index contributed by atoms with van der Waals surface area (Å²) in [5.74, 6) is 1.54. The molecule has 0 atom stereocenters. The van der Waals surface area contributed by atoms with Gasteiger partial charge in [0.15, 0.2) is 5.82 Å². The Labute approximate surface area is 168 Å². The quantitative estimate of drug-likeness (QED) is 0.662. The van der Waals surface area contributed by atoms with Crippen LogP contribution in [0.4, 0.5) is 5.82 Å².